The van der Waals surface area contributed by atoms with Gasteiger partial charge in [0.15, 0.2) is 11.7 Å². The van der Waals surface area contributed by atoms with Gasteiger partial charge in [-0.05, 0) is 6.92 Å². The molecule has 2 aliphatic heterocycles. The summed E-state index contributed by atoms with van der Waals surface area (Å²) >= 11 is 2.08. The van der Waals surface area contributed by atoms with E-state index in [4.69, 9.17) is 16.6 Å². The first-order valence-electron chi connectivity index (χ1n) is 7.00. The van der Waals surface area contributed by atoms with Gasteiger partial charge in [-0.15, -0.1) is 16.9 Å². The van der Waals surface area contributed by atoms with Crippen molar-refractivity contribution in [3.8, 4) is 0 Å². The second kappa shape index (κ2) is 7.41. The topological polar surface area (TPSA) is 192 Å². The number of nitrogens with one attached hydrogen (secondary N) is 1. The van der Waals surface area contributed by atoms with Crippen LogP contribution in [-0.4, -0.2) is 67.3 Å². The third-order valence-corrected chi connectivity index (χ3v) is 6.25. The van der Waals surface area contributed by atoms with Gasteiger partial charge in [0.25, 0.3) is 0 Å². The standard InChI is InChI=1S/C12H17N5O6S2/c1-3(18)5-7(19)17-6(10(22)23)11(25-8(5)17)24-2-4(9(20)21)15-16-12(13)14/h3-5,8,15,18H,2H2,1H3,(H,20,21)(H,22,23)(H4,13,14,16)/t3?,4-,5+,8-/m1/s1. The van der Waals surface area contributed by atoms with Crippen molar-refractivity contribution in [2.45, 2.75) is 24.4 Å². The highest BCUT2D eigenvalue weighted by molar-refractivity contribution is 8.22. The Labute approximate surface area is 150 Å². The largest absolute Gasteiger partial charge is 0.480 e. The number of carboxylic acids is 2. The zero-order valence-electron chi connectivity index (χ0n) is 12.9. The average Bonchev–Trinajstić information content (AvgIpc) is 2.80. The fraction of sp³-hybridized carbons (Fsp3) is 0.500. The fourth-order valence-corrected chi connectivity index (χ4v) is 5.28. The number of hydrazone groups is 1. The maximum Gasteiger partial charge on any atom is 0.354 e. The Balaban J connectivity index is 2.12. The molecule has 0 bridgehead atoms. The lowest BCUT2D eigenvalue weighted by molar-refractivity contribution is -0.156. The predicted molar refractivity (Wildman–Crippen MR) is 90.9 cm³/mol. The van der Waals surface area contributed by atoms with Gasteiger partial charge in [0.2, 0.25) is 11.9 Å². The first-order valence-corrected chi connectivity index (χ1v) is 8.86. The van der Waals surface area contributed by atoms with Crippen LogP contribution in [0, 0.1) is 5.92 Å². The van der Waals surface area contributed by atoms with Crippen molar-refractivity contribution in [3.63, 3.8) is 0 Å². The monoisotopic (exact) mass is 391 g/mol. The molecule has 0 aromatic heterocycles. The second-order valence-electron chi connectivity index (χ2n) is 5.29. The normalized spacial score (nSPS) is 24.2. The van der Waals surface area contributed by atoms with Crippen molar-refractivity contribution in [2.24, 2.45) is 22.5 Å². The fourth-order valence-electron chi connectivity index (χ4n) is 2.33. The molecule has 0 aromatic carbocycles. The third kappa shape index (κ3) is 3.77. The van der Waals surface area contributed by atoms with Crippen LogP contribution in [0.3, 0.4) is 0 Å². The Kier molecular flexibility index (Phi) is 5.69. The molecule has 0 aromatic rings. The van der Waals surface area contributed by atoms with E-state index in [2.05, 4.69) is 10.5 Å². The Morgan fingerprint density at radius 3 is 2.56 bits per heavy atom. The molecule has 2 heterocycles. The van der Waals surface area contributed by atoms with E-state index in [0.717, 1.165) is 28.4 Å². The van der Waals surface area contributed by atoms with Gasteiger partial charge < -0.3 is 26.8 Å². The number of nitrogens with zero attached hydrogens (tertiary/aromatic N) is 2. The van der Waals surface area contributed by atoms with E-state index in [1.54, 1.807) is 0 Å². The summed E-state index contributed by atoms with van der Waals surface area (Å²) in [6.07, 6.45) is -0.907. The maximum atomic E-state index is 12.1. The van der Waals surface area contributed by atoms with Gasteiger partial charge in [0, 0.05) is 5.75 Å². The number of nitrogens with two attached hydrogens (primary N) is 2. The molecule has 4 atom stereocenters. The van der Waals surface area contributed by atoms with E-state index >= 15 is 0 Å². The number of aliphatic hydroxyl groups excluding tert-OH is 1. The first kappa shape index (κ1) is 19.2. The predicted octanol–water partition coefficient (Wildman–Crippen LogP) is -1.88. The number of β-lactam (4-membered cyclic amide) rings is 1. The van der Waals surface area contributed by atoms with Crippen LogP contribution < -0.4 is 16.9 Å². The van der Waals surface area contributed by atoms with Crippen LogP contribution >= 0.6 is 23.5 Å². The summed E-state index contributed by atoms with van der Waals surface area (Å²) in [6.45, 7) is 1.46. The van der Waals surface area contributed by atoms with Gasteiger partial charge >= 0.3 is 11.9 Å². The van der Waals surface area contributed by atoms with Crippen molar-refractivity contribution >= 4 is 47.3 Å². The molecule has 2 rings (SSSR count). The van der Waals surface area contributed by atoms with E-state index in [1.165, 1.54) is 6.92 Å². The first-order chi connectivity index (χ1) is 11.6. The summed E-state index contributed by atoms with van der Waals surface area (Å²) in [5, 5.41) is 31.1. The average molecular weight is 391 g/mol. The van der Waals surface area contributed by atoms with Crippen molar-refractivity contribution in [3.05, 3.63) is 9.93 Å². The van der Waals surface area contributed by atoms with Crippen molar-refractivity contribution in [2.75, 3.05) is 5.75 Å². The number of amides is 1. The van der Waals surface area contributed by atoms with Crippen molar-refractivity contribution in [1.29, 1.82) is 0 Å². The van der Waals surface area contributed by atoms with Crippen LogP contribution in [0.2, 0.25) is 0 Å². The number of thioether (sulfide) groups is 2. The SMILES string of the molecule is CC(O)[C@H]1C(=O)N2C(C(=O)O)=C(SC[C@@H](NN=C(N)N)C(=O)O)S[C@H]12. The quantitative estimate of drug-likeness (QED) is 0.117. The number of rotatable bonds is 8. The zero-order valence-corrected chi connectivity index (χ0v) is 14.6. The lowest BCUT2D eigenvalue weighted by atomic mass is 9.92. The van der Waals surface area contributed by atoms with Crippen LogP contribution in [-0.2, 0) is 14.4 Å². The lowest BCUT2D eigenvalue weighted by Crippen LogP contribution is -2.60. The number of carbonyl (C=O) groups is 3. The van der Waals surface area contributed by atoms with E-state index in [0.29, 0.717) is 4.24 Å². The molecular weight excluding hydrogens is 374 g/mol. The van der Waals surface area contributed by atoms with Crippen molar-refractivity contribution < 1.29 is 29.7 Å². The number of fused-ring (bicyclic) bond motifs is 1. The molecule has 1 fully saturated rings. The van der Waals surface area contributed by atoms with E-state index in [1.807, 2.05) is 0 Å². The van der Waals surface area contributed by atoms with E-state index in [-0.39, 0.29) is 17.4 Å². The van der Waals surface area contributed by atoms with Gasteiger partial charge in [0.1, 0.15) is 5.37 Å². The molecule has 25 heavy (non-hydrogen) atoms. The molecule has 0 aliphatic carbocycles. The molecule has 8 N–H and O–H groups in total. The van der Waals surface area contributed by atoms with Crippen LogP contribution in [0.1, 0.15) is 6.92 Å². The van der Waals surface area contributed by atoms with E-state index < -0.39 is 41.3 Å². The Bertz CT molecular complexity index is 662. The van der Waals surface area contributed by atoms with Gasteiger partial charge in [-0.3, -0.25) is 15.1 Å². The van der Waals surface area contributed by atoms with Gasteiger partial charge in [0.05, 0.1) is 16.3 Å². The Morgan fingerprint density at radius 2 is 2.08 bits per heavy atom. The van der Waals surface area contributed by atoms with Crippen molar-refractivity contribution in [1.82, 2.24) is 10.3 Å². The Hall–Kier alpha value is -2.12. The van der Waals surface area contributed by atoms with E-state index in [9.17, 15) is 24.6 Å². The zero-order chi connectivity index (χ0) is 18.9. The summed E-state index contributed by atoms with van der Waals surface area (Å²) in [7, 11) is 0. The minimum atomic E-state index is -1.29. The lowest BCUT2D eigenvalue weighted by Gasteiger charge is -2.43. The number of aliphatic hydroxyl groups is 1. The highest BCUT2D eigenvalue weighted by atomic mass is 32.2. The number of hydrogen-bond donors (Lipinski definition) is 6. The molecule has 0 spiro atoms. The minimum absolute atomic E-state index is 0.0701. The summed E-state index contributed by atoms with van der Waals surface area (Å²) in [6, 6.07) is -1.16. The highest BCUT2D eigenvalue weighted by Gasteiger charge is 2.57. The molecule has 1 unspecified atom stereocenters. The van der Waals surface area contributed by atoms with Gasteiger partial charge in [-0.2, -0.15) is 0 Å². The molecule has 1 amide bonds. The molecule has 138 valence electrons. The number of carbonyl (C=O) groups excluding carboxylic acids is 1. The highest BCUT2D eigenvalue weighted by Crippen LogP contribution is 2.53. The van der Waals surface area contributed by atoms with Gasteiger partial charge in [-0.1, -0.05) is 11.8 Å². The molecular formula is C12H17N5O6S2. The minimum Gasteiger partial charge on any atom is -0.480 e. The second-order valence-corrected chi connectivity index (χ2v) is 7.71. The summed E-state index contributed by atoms with van der Waals surface area (Å²) < 4.78 is 0.298. The molecule has 0 saturated carbocycles. The van der Waals surface area contributed by atoms with Gasteiger partial charge in [-0.25, -0.2) is 9.59 Å². The molecule has 11 nitrogen and oxygen atoms in total. The van der Waals surface area contributed by atoms with Crippen LogP contribution in [0.5, 0.6) is 0 Å². The molecule has 0 radical (unpaired) electrons. The van der Waals surface area contributed by atoms with Crippen LogP contribution in [0.15, 0.2) is 15.0 Å². The van der Waals surface area contributed by atoms with Crippen LogP contribution in [0.4, 0.5) is 0 Å². The molecule has 1 saturated heterocycles. The molecule has 2 aliphatic rings. The molecule has 13 heteroatoms. The van der Waals surface area contributed by atoms with Crippen LogP contribution in [0.25, 0.3) is 0 Å². The number of aliphatic carboxylic acids is 2. The number of hydrogen-bond acceptors (Lipinski definition) is 8. The summed E-state index contributed by atoms with van der Waals surface area (Å²) in [5.41, 5.74) is 12.3. The smallest absolute Gasteiger partial charge is 0.354 e. The Morgan fingerprint density at radius 1 is 1.44 bits per heavy atom. The summed E-state index contributed by atoms with van der Waals surface area (Å²) in [5.74, 6) is -4.08. The maximum absolute atomic E-state index is 12.1. The number of carboxylic acid groups (broad SMARTS) is 2. The third-order valence-electron chi connectivity index (χ3n) is 3.50. The number of guanidine groups is 1. The summed E-state index contributed by atoms with van der Waals surface area (Å²) in [4.78, 5) is 35.9.